The van der Waals surface area contributed by atoms with Gasteiger partial charge in [0.05, 0.1) is 11.0 Å². The number of rotatable bonds is 8. The lowest BCUT2D eigenvalue weighted by molar-refractivity contribution is -0.148. The first-order valence-corrected chi connectivity index (χ1v) is 9.49. The Labute approximate surface area is 151 Å². The fraction of sp³-hybridized carbons (Fsp3) is 0.500. The maximum absolute atomic E-state index is 12.9. The number of nitrogens with zero attached hydrogens (tertiary/aromatic N) is 1. The van der Waals surface area contributed by atoms with Crippen LogP contribution in [0.1, 0.15) is 12.8 Å². The van der Waals surface area contributed by atoms with Gasteiger partial charge in [-0.3, -0.25) is 9.59 Å². The molecule has 26 heavy (non-hydrogen) atoms. The first-order valence-electron chi connectivity index (χ1n) is 8.05. The van der Waals surface area contributed by atoms with Gasteiger partial charge >= 0.3 is 5.97 Å². The minimum absolute atomic E-state index is 0.0263. The molecule has 1 heterocycles. The van der Waals surface area contributed by atoms with Crippen LogP contribution in [0.3, 0.4) is 0 Å². The average molecular weight is 388 g/mol. The van der Waals surface area contributed by atoms with Gasteiger partial charge in [-0.1, -0.05) is 0 Å². The first kappa shape index (κ1) is 20.3. The van der Waals surface area contributed by atoms with Gasteiger partial charge in [0.1, 0.15) is 12.4 Å². The van der Waals surface area contributed by atoms with Crippen LogP contribution >= 0.6 is 0 Å². The Morgan fingerprint density at radius 1 is 1.35 bits per heavy atom. The molecule has 0 unspecified atom stereocenters. The van der Waals surface area contributed by atoms with E-state index in [1.165, 1.54) is 7.05 Å². The van der Waals surface area contributed by atoms with Crippen LogP contribution in [-0.2, 0) is 29.1 Å². The van der Waals surface area contributed by atoms with Gasteiger partial charge in [-0.2, -0.15) is 4.31 Å². The van der Waals surface area contributed by atoms with Gasteiger partial charge in [-0.05, 0) is 37.1 Å². The molecule has 1 aromatic rings. The Morgan fingerprint density at radius 3 is 2.65 bits per heavy atom. The summed E-state index contributed by atoms with van der Waals surface area (Å²) < 4.78 is 48.3. The van der Waals surface area contributed by atoms with Crippen LogP contribution in [0.15, 0.2) is 29.2 Å². The fourth-order valence-corrected chi connectivity index (χ4v) is 3.44. The molecule has 0 radical (unpaired) electrons. The third kappa shape index (κ3) is 5.75. The van der Waals surface area contributed by atoms with E-state index in [9.17, 15) is 22.4 Å². The first-order chi connectivity index (χ1) is 12.3. The van der Waals surface area contributed by atoms with Gasteiger partial charge in [0.15, 0.2) is 6.61 Å². The van der Waals surface area contributed by atoms with Crippen LogP contribution in [-0.4, -0.2) is 64.1 Å². The number of hydrogen-bond donors (Lipinski definition) is 1. The summed E-state index contributed by atoms with van der Waals surface area (Å²) >= 11 is 0. The number of hydrogen-bond acceptors (Lipinski definition) is 6. The molecule has 0 saturated carbocycles. The molecular formula is C16H21FN2O6S. The number of carbonyl (C=O) groups is 2. The SMILES string of the molecule is CN(CC(=O)OCC(=O)NC[C@H]1CCCO1)S(=O)(=O)c1ccc(F)cc1. The zero-order chi connectivity index (χ0) is 19.2. The van der Waals surface area contributed by atoms with Crippen LogP contribution in [0, 0.1) is 5.82 Å². The zero-order valence-electron chi connectivity index (χ0n) is 14.3. The van der Waals surface area contributed by atoms with E-state index in [0.717, 1.165) is 41.4 Å². The van der Waals surface area contributed by atoms with Crippen molar-refractivity contribution in [2.45, 2.75) is 23.8 Å². The molecule has 2 rings (SSSR count). The molecule has 8 nitrogen and oxygen atoms in total. The van der Waals surface area contributed by atoms with Crippen molar-refractivity contribution in [1.82, 2.24) is 9.62 Å². The van der Waals surface area contributed by atoms with Crippen molar-refractivity contribution < 1.29 is 31.9 Å². The van der Waals surface area contributed by atoms with E-state index in [2.05, 4.69) is 5.32 Å². The summed E-state index contributed by atoms with van der Waals surface area (Å²) in [5.41, 5.74) is 0. The summed E-state index contributed by atoms with van der Waals surface area (Å²) in [6.07, 6.45) is 1.79. The lowest BCUT2D eigenvalue weighted by Crippen LogP contribution is -2.37. The number of ether oxygens (including phenoxy) is 2. The number of nitrogens with one attached hydrogen (secondary N) is 1. The van der Waals surface area contributed by atoms with E-state index in [1.54, 1.807) is 0 Å². The molecule has 1 amide bonds. The van der Waals surface area contributed by atoms with Gasteiger partial charge < -0.3 is 14.8 Å². The maximum atomic E-state index is 12.9. The van der Waals surface area contributed by atoms with Crippen LogP contribution in [0.2, 0.25) is 0 Å². The molecule has 1 aliphatic heterocycles. The highest BCUT2D eigenvalue weighted by molar-refractivity contribution is 7.89. The van der Waals surface area contributed by atoms with Crippen LogP contribution in [0.5, 0.6) is 0 Å². The summed E-state index contributed by atoms with van der Waals surface area (Å²) in [4.78, 5) is 23.2. The second kappa shape index (κ2) is 9.06. The molecule has 1 aliphatic rings. The lowest BCUT2D eigenvalue weighted by atomic mass is 10.2. The van der Waals surface area contributed by atoms with Gasteiger partial charge in [-0.15, -0.1) is 0 Å². The Hall–Kier alpha value is -2.04. The Kier molecular flexibility index (Phi) is 7.06. The Bertz CT molecular complexity index is 732. The number of esters is 1. The van der Waals surface area contributed by atoms with E-state index >= 15 is 0 Å². The van der Waals surface area contributed by atoms with Gasteiger partial charge in [0.25, 0.3) is 5.91 Å². The molecule has 1 saturated heterocycles. The number of halogens is 1. The van der Waals surface area contributed by atoms with Crippen LogP contribution in [0.4, 0.5) is 4.39 Å². The lowest BCUT2D eigenvalue weighted by Gasteiger charge is -2.16. The molecule has 0 spiro atoms. The number of benzene rings is 1. The van der Waals surface area contributed by atoms with Crippen LogP contribution < -0.4 is 5.32 Å². The molecule has 10 heteroatoms. The van der Waals surface area contributed by atoms with Crippen molar-refractivity contribution in [3.8, 4) is 0 Å². The standard InChI is InChI=1S/C16H21FN2O6S/c1-19(26(22,23)14-6-4-12(17)5-7-14)10-16(21)25-11-15(20)18-9-13-3-2-8-24-13/h4-7,13H,2-3,8-11H2,1H3,(H,18,20)/t13-/m1/s1. The molecule has 1 aromatic carbocycles. The van der Waals surface area contributed by atoms with Crippen molar-refractivity contribution in [2.24, 2.45) is 0 Å². The normalized spacial score (nSPS) is 17.3. The quantitative estimate of drug-likeness (QED) is 0.642. The summed E-state index contributed by atoms with van der Waals surface area (Å²) in [6, 6.07) is 4.23. The molecule has 1 N–H and O–H groups in total. The van der Waals surface area contributed by atoms with Crippen molar-refractivity contribution >= 4 is 21.9 Å². The Morgan fingerprint density at radius 2 is 2.04 bits per heavy atom. The van der Waals surface area contributed by atoms with Gasteiger partial charge in [0, 0.05) is 20.2 Å². The van der Waals surface area contributed by atoms with E-state index in [0.29, 0.717) is 13.2 Å². The molecule has 1 fully saturated rings. The number of amides is 1. The molecule has 1 atom stereocenters. The summed E-state index contributed by atoms with van der Waals surface area (Å²) in [5.74, 6) is -1.93. The smallest absolute Gasteiger partial charge is 0.321 e. The maximum Gasteiger partial charge on any atom is 0.321 e. The van der Waals surface area contributed by atoms with Crippen molar-refractivity contribution in [2.75, 3.05) is 33.4 Å². The van der Waals surface area contributed by atoms with E-state index in [1.807, 2.05) is 0 Å². The highest BCUT2D eigenvalue weighted by atomic mass is 32.2. The van der Waals surface area contributed by atoms with Crippen molar-refractivity contribution in [1.29, 1.82) is 0 Å². The second-order valence-electron chi connectivity index (χ2n) is 5.81. The Balaban J connectivity index is 1.77. The van der Waals surface area contributed by atoms with Crippen molar-refractivity contribution in [3.63, 3.8) is 0 Å². The summed E-state index contributed by atoms with van der Waals surface area (Å²) in [6.45, 7) is -0.0612. The predicted octanol–water partition coefficient (Wildman–Crippen LogP) is 0.285. The predicted molar refractivity (Wildman–Crippen MR) is 89.2 cm³/mol. The van der Waals surface area contributed by atoms with E-state index < -0.39 is 40.9 Å². The monoisotopic (exact) mass is 388 g/mol. The summed E-state index contributed by atoms with van der Waals surface area (Å²) in [5, 5.41) is 2.59. The average Bonchev–Trinajstić information content (AvgIpc) is 3.12. The summed E-state index contributed by atoms with van der Waals surface area (Å²) in [7, 11) is -2.77. The molecular weight excluding hydrogens is 367 g/mol. The van der Waals surface area contributed by atoms with Gasteiger partial charge in [0.2, 0.25) is 10.0 Å². The van der Waals surface area contributed by atoms with E-state index in [-0.39, 0.29) is 11.0 Å². The molecule has 0 aromatic heterocycles. The largest absolute Gasteiger partial charge is 0.455 e. The fourth-order valence-electron chi connectivity index (χ4n) is 2.33. The highest BCUT2D eigenvalue weighted by Gasteiger charge is 2.24. The highest BCUT2D eigenvalue weighted by Crippen LogP contribution is 2.14. The molecule has 144 valence electrons. The topological polar surface area (TPSA) is 102 Å². The minimum atomic E-state index is -3.96. The number of carbonyl (C=O) groups excluding carboxylic acids is 2. The minimum Gasteiger partial charge on any atom is -0.455 e. The third-order valence-electron chi connectivity index (χ3n) is 3.79. The second-order valence-corrected chi connectivity index (χ2v) is 7.86. The molecule has 0 aliphatic carbocycles. The number of likely N-dealkylation sites (N-methyl/N-ethyl adjacent to an activating group) is 1. The molecule has 0 bridgehead atoms. The van der Waals surface area contributed by atoms with Crippen LogP contribution in [0.25, 0.3) is 0 Å². The zero-order valence-corrected chi connectivity index (χ0v) is 15.1. The van der Waals surface area contributed by atoms with Gasteiger partial charge in [-0.25, -0.2) is 12.8 Å². The number of sulfonamides is 1. The van der Waals surface area contributed by atoms with E-state index in [4.69, 9.17) is 9.47 Å². The van der Waals surface area contributed by atoms with Crippen molar-refractivity contribution in [3.05, 3.63) is 30.1 Å². The third-order valence-corrected chi connectivity index (χ3v) is 5.61.